The molecule has 7 nitrogen and oxygen atoms in total. The lowest BCUT2D eigenvalue weighted by molar-refractivity contribution is -0.386. The number of hydrogen-bond donors (Lipinski definition) is 1. The van der Waals surface area contributed by atoms with E-state index < -0.39 is 4.92 Å². The van der Waals surface area contributed by atoms with Crippen LogP contribution in [0.15, 0.2) is 18.2 Å². The predicted molar refractivity (Wildman–Crippen MR) is 78.7 cm³/mol. The molecule has 0 heterocycles. The van der Waals surface area contributed by atoms with Gasteiger partial charge in [-0.1, -0.05) is 13.0 Å². The Balaban J connectivity index is 2.54. The molecule has 1 rings (SSSR count). The SMILES string of the molecule is CCNCc1ccc(OCCOCCOC)c([N+](=O)[O-])c1. The highest BCUT2D eigenvalue weighted by Gasteiger charge is 2.15. The Morgan fingerprint density at radius 1 is 1.24 bits per heavy atom. The molecule has 1 aromatic carbocycles. The third-order valence-corrected chi connectivity index (χ3v) is 2.72. The molecule has 0 bridgehead atoms. The summed E-state index contributed by atoms with van der Waals surface area (Å²) in [5.41, 5.74) is 0.828. The molecule has 0 radical (unpaired) electrons. The first-order chi connectivity index (χ1) is 10.2. The van der Waals surface area contributed by atoms with Crippen LogP contribution in [0.2, 0.25) is 0 Å². The van der Waals surface area contributed by atoms with Gasteiger partial charge in [-0.2, -0.15) is 0 Å². The Kier molecular flexibility index (Phi) is 8.34. The van der Waals surface area contributed by atoms with Gasteiger partial charge in [-0.3, -0.25) is 10.1 Å². The quantitative estimate of drug-likeness (QED) is 0.381. The second-order valence-corrected chi connectivity index (χ2v) is 4.29. The molecule has 0 aromatic heterocycles. The van der Waals surface area contributed by atoms with Crippen LogP contribution < -0.4 is 10.1 Å². The van der Waals surface area contributed by atoms with E-state index >= 15 is 0 Å². The number of methoxy groups -OCH3 is 1. The van der Waals surface area contributed by atoms with E-state index in [2.05, 4.69) is 5.32 Å². The molecule has 21 heavy (non-hydrogen) atoms. The number of nitro benzene ring substituents is 1. The van der Waals surface area contributed by atoms with Crippen molar-refractivity contribution in [1.82, 2.24) is 5.32 Å². The minimum atomic E-state index is -0.434. The Morgan fingerprint density at radius 2 is 2.00 bits per heavy atom. The number of benzene rings is 1. The zero-order valence-electron chi connectivity index (χ0n) is 12.5. The van der Waals surface area contributed by atoms with Gasteiger partial charge in [0.25, 0.3) is 0 Å². The highest BCUT2D eigenvalue weighted by Crippen LogP contribution is 2.27. The topological polar surface area (TPSA) is 82.9 Å². The van der Waals surface area contributed by atoms with Gasteiger partial charge in [0, 0.05) is 19.7 Å². The van der Waals surface area contributed by atoms with Gasteiger partial charge in [0.2, 0.25) is 0 Å². The molecule has 0 fully saturated rings. The van der Waals surface area contributed by atoms with E-state index in [0.29, 0.717) is 26.4 Å². The van der Waals surface area contributed by atoms with Crippen molar-refractivity contribution < 1.29 is 19.1 Å². The fraction of sp³-hybridized carbons (Fsp3) is 0.571. The smallest absolute Gasteiger partial charge is 0.311 e. The summed E-state index contributed by atoms with van der Waals surface area (Å²) in [6.45, 7) is 5.00. The van der Waals surface area contributed by atoms with Crippen LogP contribution in [-0.2, 0) is 16.0 Å². The molecule has 0 amide bonds. The lowest BCUT2D eigenvalue weighted by Gasteiger charge is -2.09. The van der Waals surface area contributed by atoms with E-state index in [9.17, 15) is 10.1 Å². The summed E-state index contributed by atoms with van der Waals surface area (Å²) in [6.07, 6.45) is 0. The molecule has 0 aliphatic heterocycles. The van der Waals surface area contributed by atoms with Crippen molar-refractivity contribution in [2.45, 2.75) is 13.5 Å². The monoisotopic (exact) mass is 298 g/mol. The summed E-state index contributed by atoms with van der Waals surface area (Å²) in [5, 5.41) is 14.2. The molecular weight excluding hydrogens is 276 g/mol. The zero-order chi connectivity index (χ0) is 15.5. The van der Waals surface area contributed by atoms with Gasteiger partial charge in [-0.15, -0.1) is 0 Å². The van der Waals surface area contributed by atoms with Crippen molar-refractivity contribution in [2.75, 3.05) is 40.1 Å². The second-order valence-electron chi connectivity index (χ2n) is 4.29. The van der Waals surface area contributed by atoms with Gasteiger partial charge in [0.15, 0.2) is 5.75 Å². The molecule has 0 spiro atoms. The van der Waals surface area contributed by atoms with E-state index in [1.54, 1.807) is 13.2 Å². The lowest BCUT2D eigenvalue weighted by atomic mass is 10.2. The molecule has 1 aromatic rings. The molecule has 0 atom stereocenters. The van der Waals surface area contributed by atoms with Gasteiger partial charge in [-0.25, -0.2) is 0 Å². The Bertz CT molecular complexity index is 439. The van der Waals surface area contributed by atoms with Crippen molar-refractivity contribution in [1.29, 1.82) is 0 Å². The minimum absolute atomic E-state index is 0.0257. The Labute approximate surface area is 124 Å². The van der Waals surface area contributed by atoms with Gasteiger partial charge >= 0.3 is 5.69 Å². The molecule has 0 saturated heterocycles. The summed E-state index contributed by atoms with van der Waals surface area (Å²) in [4.78, 5) is 10.6. The minimum Gasteiger partial charge on any atom is -0.484 e. The summed E-state index contributed by atoms with van der Waals surface area (Å²) >= 11 is 0. The third kappa shape index (κ3) is 6.52. The maximum absolute atomic E-state index is 11.1. The summed E-state index contributed by atoms with van der Waals surface area (Å²) in [5.74, 6) is 0.260. The maximum Gasteiger partial charge on any atom is 0.311 e. The number of ether oxygens (including phenoxy) is 3. The maximum atomic E-state index is 11.1. The number of hydrogen-bond acceptors (Lipinski definition) is 6. The van der Waals surface area contributed by atoms with Gasteiger partial charge < -0.3 is 19.5 Å². The van der Waals surface area contributed by atoms with Crippen LogP contribution in [0.25, 0.3) is 0 Å². The van der Waals surface area contributed by atoms with Crippen LogP contribution in [0.1, 0.15) is 12.5 Å². The van der Waals surface area contributed by atoms with Gasteiger partial charge in [-0.05, 0) is 18.2 Å². The average molecular weight is 298 g/mol. The summed E-state index contributed by atoms with van der Waals surface area (Å²) in [6, 6.07) is 4.97. The zero-order valence-corrected chi connectivity index (χ0v) is 12.5. The van der Waals surface area contributed by atoms with Crippen molar-refractivity contribution in [3.8, 4) is 5.75 Å². The molecule has 118 valence electrons. The van der Waals surface area contributed by atoms with Crippen molar-refractivity contribution in [3.05, 3.63) is 33.9 Å². The average Bonchev–Trinajstić information content (AvgIpc) is 2.49. The van der Waals surface area contributed by atoms with Crippen LogP contribution in [0.5, 0.6) is 5.75 Å². The first kappa shape index (κ1) is 17.4. The van der Waals surface area contributed by atoms with Crippen LogP contribution in [-0.4, -0.2) is 45.0 Å². The fourth-order valence-electron chi connectivity index (χ4n) is 1.66. The van der Waals surface area contributed by atoms with Gasteiger partial charge in [0.1, 0.15) is 6.61 Å². The number of nitrogens with one attached hydrogen (secondary N) is 1. The summed E-state index contributed by atoms with van der Waals surface area (Å²) < 4.78 is 15.5. The second kappa shape index (κ2) is 10.1. The van der Waals surface area contributed by atoms with E-state index in [4.69, 9.17) is 14.2 Å². The van der Waals surface area contributed by atoms with Crippen LogP contribution in [0.4, 0.5) is 5.69 Å². The standard InChI is InChI=1S/C14H22N2O5/c1-3-15-11-12-4-5-14(13(10-12)16(17)18)21-9-8-20-7-6-19-2/h4-5,10,15H,3,6-9,11H2,1-2H3. The fourth-order valence-corrected chi connectivity index (χ4v) is 1.66. The van der Waals surface area contributed by atoms with Crippen molar-refractivity contribution >= 4 is 5.69 Å². The molecule has 0 aliphatic carbocycles. The van der Waals surface area contributed by atoms with E-state index in [-0.39, 0.29) is 18.0 Å². The lowest BCUT2D eigenvalue weighted by Crippen LogP contribution is -2.13. The number of nitrogens with zero attached hydrogens (tertiary/aromatic N) is 1. The number of nitro groups is 1. The molecule has 0 saturated carbocycles. The normalized spacial score (nSPS) is 10.6. The molecule has 1 N–H and O–H groups in total. The van der Waals surface area contributed by atoms with E-state index in [1.807, 2.05) is 13.0 Å². The molecule has 7 heteroatoms. The molecule has 0 aliphatic rings. The van der Waals surface area contributed by atoms with Crippen LogP contribution >= 0.6 is 0 Å². The predicted octanol–water partition coefficient (Wildman–Crippen LogP) is 1.75. The van der Waals surface area contributed by atoms with Gasteiger partial charge in [0.05, 0.1) is 24.7 Å². The highest BCUT2D eigenvalue weighted by molar-refractivity contribution is 5.48. The first-order valence-electron chi connectivity index (χ1n) is 6.86. The van der Waals surface area contributed by atoms with Crippen LogP contribution in [0.3, 0.4) is 0 Å². The highest BCUT2D eigenvalue weighted by atomic mass is 16.6. The molecular formula is C14H22N2O5. The molecule has 0 unspecified atom stereocenters. The van der Waals surface area contributed by atoms with E-state index in [1.165, 1.54) is 6.07 Å². The van der Waals surface area contributed by atoms with Crippen molar-refractivity contribution in [2.24, 2.45) is 0 Å². The van der Waals surface area contributed by atoms with Crippen LogP contribution in [0, 0.1) is 10.1 Å². The summed E-state index contributed by atoms with van der Waals surface area (Å²) in [7, 11) is 1.60. The first-order valence-corrected chi connectivity index (χ1v) is 6.86. The third-order valence-electron chi connectivity index (χ3n) is 2.72. The Morgan fingerprint density at radius 3 is 2.67 bits per heavy atom. The van der Waals surface area contributed by atoms with Crippen molar-refractivity contribution in [3.63, 3.8) is 0 Å². The Hall–Kier alpha value is -1.70. The number of rotatable bonds is 11. The van der Waals surface area contributed by atoms with E-state index in [0.717, 1.165) is 12.1 Å². The largest absolute Gasteiger partial charge is 0.484 e.